The standard InChI is InChI=1S/C16H13NO2/c18-12-17-9-8-14-10-15(6-7-16(14)17)19-11-13-4-2-1-3-5-13/h1-10,12H,11H2. The molecule has 0 saturated carbocycles. The van der Waals surface area contributed by atoms with E-state index in [1.807, 2.05) is 54.6 Å². The Bertz CT molecular complexity index is 701. The van der Waals surface area contributed by atoms with Crippen LogP contribution in [0.15, 0.2) is 60.8 Å². The SMILES string of the molecule is O=Cn1ccc2cc(OCc3ccccc3)ccc21. The molecule has 0 aliphatic heterocycles. The van der Waals surface area contributed by atoms with Crippen molar-refractivity contribution in [3.8, 4) is 5.75 Å². The lowest BCUT2D eigenvalue weighted by molar-refractivity contribution is 0.306. The van der Waals surface area contributed by atoms with Gasteiger partial charge in [0, 0.05) is 11.6 Å². The van der Waals surface area contributed by atoms with Gasteiger partial charge < -0.3 is 4.74 Å². The number of aromatic nitrogens is 1. The molecule has 0 atom stereocenters. The van der Waals surface area contributed by atoms with Gasteiger partial charge in [-0.3, -0.25) is 9.36 Å². The van der Waals surface area contributed by atoms with Crippen LogP contribution >= 0.6 is 0 Å². The van der Waals surface area contributed by atoms with E-state index in [1.54, 1.807) is 10.8 Å². The number of carbonyl (C=O) groups excluding carboxylic acids is 1. The van der Waals surface area contributed by atoms with E-state index >= 15 is 0 Å². The van der Waals surface area contributed by atoms with Crippen LogP contribution in [0.25, 0.3) is 10.9 Å². The summed E-state index contributed by atoms with van der Waals surface area (Å²) >= 11 is 0. The van der Waals surface area contributed by atoms with Crippen molar-refractivity contribution in [2.24, 2.45) is 0 Å². The van der Waals surface area contributed by atoms with Gasteiger partial charge in [-0.2, -0.15) is 0 Å². The molecule has 0 N–H and O–H groups in total. The first kappa shape index (κ1) is 11.5. The summed E-state index contributed by atoms with van der Waals surface area (Å²) in [4.78, 5) is 10.8. The zero-order valence-electron chi connectivity index (χ0n) is 10.3. The molecule has 3 heteroatoms. The van der Waals surface area contributed by atoms with Gasteiger partial charge in [0.15, 0.2) is 0 Å². The van der Waals surface area contributed by atoms with Crippen LogP contribution in [0, 0.1) is 0 Å². The third-order valence-corrected chi connectivity index (χ3v) is 3.05. The number of fused-ring (bicyclic) bond motifs is 1. The van der Waals surface area contributed by atoms with E-state index in [9.17, 15) is 4.79 Å². The van der Waals surface area contributed by atoms with Gasteiger partial charge in [-0.15, -0.1) is 0 Å². The number of ether oxygens (including phenoxy) is 1. The van der Waals surface area contributed by atoms with Gasteiger partial charge in [-0.25, -0.2) is 0 Å². The van der Waals surface area contributed by atoms with E-state index < -0.39 is 0 Å². The van der Waals surface area contributed by atoms with Crippen LogP contribution in [0.1, 0.15) is 5.56 Å². The molecule has 1 heterocycles. The van der Waals surface area contributed by atoms with E-state index in [0.717, 1.165) is 28.6 Å². The maximum atomic E-state index is 10.8. The van der Waals surface area contributed by atoms with Crippen LogP contribution in [0.3, 0.4) is 0 Å². The number of hydrogen-bond donors (Lipinski definition) is 0. The molecule has 3 nitrogen and oxygen atoms in total. The number of nitrogens with zero attached hydrogens (tertiary/aromatic N) is 1. The third-order valence-electron chi connectivity index (χ3n) is 3.05. The lowest BCUT2D eigenvalue weighted by Crippen LogP contribution is -1.95. The molecule has 0 aliphatic carbocycles. The number of carbonyl (C=O) groups is 1. The highest BCUT2D eigenvalue weighted by atomic mass is 16.5. The number of hydrogen-bond acceptors (Lipinski definition) is 2. The highest BCUT2D eigenvalue weighted by Crippen LogP contribution is 2.22. The molecule has 3 aromatic rings. The predicted octanol–water partition coefficient (Wildman–Crippen LogP) is 3.26. The summed E-state index contributed by atoms with van der Waals surface area (Å²) in [5.41, 5.74) is 2.02. The van der Waals surface area contributed by atoms with Crippen LogP contribution in [0.4, 0.5) is 0 Å². The van der Waals surface area contributed by atoms with Gasteiger partial charge in [0.1, 0.15) is 12.4 Å². The fourth-order valence-corrected chi connectivity index (χ4v) is 2.06. The molecule has 0 amide bonds. The molecule has 0 fully saturated rings. The smallest absolute Gasteiger partial charge is 0.218 e. The van der Waals surface area contributed by atoms with E-state index in [1.165, 1.54) is 0 Å². The minimum Gasteiger partial charge on any atom is -0.489 e. The van der Waals surface area contributed by atoms with Crippen LogP contribution in [0.2, 0.25) is 0 Å². The van der Waals surface area contributed by atoms with Crippen molar-refractivity contribution in [2.75, 3.05) is 0 Å². The zero-order valence-corrected chi connectivity index (χ0v) is 10.3. The Morgan fingerprint density at radius 2 is 1.89 bits per heavy atom. The van der Waals surface area contributed by atoms with Crippen LogP contribution < -0.4 is 4.74 Å². The van der Waals surface area contributed by atoms with Crippen molar-refractivity contribution in [3.05, 3.63) is 66.4 Å². The summed E-state index contributed by atoms with van der Waals surface area (Å²) in [7, 11) is 0. The molecule has 0 aliphatic rings. The first-order valence-corrected chi connectivity index (χ1v) is 6.09. The Morgan fingerprint density at radius 3 is 2.68 bits per heavy atom. The lowest BCUT2D eigenvalue weighted by Gasteiger charge is -2.06. The van der Waals surface area contributed by atoms with Gasteiger partial charge in [-0.05, 0) is 29.8 Å². The normalized spacial score (nSPS) is 10.5. The zero-order chi connectivity index (χ0) is 13.1. The average molecular weight is 251 g/mol. The quantitative estimate of drug-likeness (QED) is 0.666. The first-order valence-electron chi connectivity index (χ1n) is 6.09. The second-order valence-electron chi connectivity index (χ2n) is 4.32. The van der Waals surface area contributed by atoms with Crippen molar-refractivity contribution < 1.29 is 9.53 Å². The Labute approximate surface area is 111 Å². The molecule has 1 aromatic heterocycles. The summed E-state index contributed by atoms with van der Waals surface area (Å²) in [6.07, 6.45) is 2.55. The second-order valence-corrected chi connectivity index (χ2v) is 4.32. The Hall–Kier alpha value is -2.55. The second kappa shape index (κ2) is 4.98. The summed E-state index contributed by atoms with van der Waals surface area (Å²) in [6, 6.07) is 17.6. The Balaban J connectivity index is 1.80. The minimum absolute atomic E-state index is 0.542. The molecule has 0 bridgehead atoms. The molecule has 0 radical (unpaired) electrons. The van der Waals surface area contributed by atoms with E-state index in [4.69, 9.17) is 4.74 Å². The summed E-state index contributed by atoms with van der Waals surface area (Å²) < 4.78 is 7.30. The largest absolute Gasteiger partial charge is 0.489 e. The topological polar surface area (TPSA) is 31.2 Å². The van der Waals surface area contributed by atoms with Gasteiger partial charge >= 0.3 is 0 Å². The number of benzene rings is 2. The molecular weight excluding hydrogens is 238 g/mol. The van der Waals surface area contributed by atoms with Crippen molar-refractivity contribution in [2.45, 2.75) is 6.61 Å². The molecule has 0 saturated heterocycles. The van der Waals surface area contributed by atoms with E-state index in [0.29, 0.717) is 6.61 Å². The first-order chi connectivity index (χ1) is 9.36. The maximum Gasteiger partial charge on any atom is 0.218 e. The monoisotopic (exact) mass is 251 g/mol. The molecule has 0 unspecified atom stereocenters. The van der Waals surface area contributed by atoms with Gasteiger partial charge in [0.25, 0.3) is 0 Å². The van der Waals surface area contributed by atoms with Crippen molar-refractivity contribution in [1.29, 1.82) is 0 Å². The average Bonchev–Trinajstić information content (AvgIpc) is 2.88. The highest BCUT2D eigenvalue weighted by Gasteiger charge is 2.02. The van der Waals surface area contributed by atoms with Gasteiger partial charge in [-0.1, -0.05) is 30.3 Å². The highest BCUT2D eigenvalue weighted by molar-refractivity contribution is 5.86. The van der Waals surface area contributed by atoms with Crippen LogP contribution in [-0.2, 0) is 11.4 Å². The Kier molecular flexibility index (Phi) is 3.02. The Morgan fingerprint density at radius 1 is 1.05 bits per heavy atom. The van der Waals surface area contributed by atoms with E-state index in [2.05, 4.69) is 0 Å². The summed E-state index contributed by atoms with van der Waals surface area (Å²) in [5.74, 6) is 0.806. The molecule has 0 spiro atoms. The van der Waals surface area contributed by atoms with Gasteiger partial charge in [0.05, 0.1) is 5.52 Å². The minimum atomic E-state index is 0.542. The van der Waals surface area contributed by atoms with Gasteiger partial charge in [0.2, 0.25) is 6.41 Å². The predicted molar refractivity (Wildman–Crippen MR) is 74.9 cm³/mol. The molecule has 3 rings (SSSR count). The summed E-state index contributed by atoms with van der Waals surface area (Å²) in [5, 5.41) is 0.998. The molecule has 94 valence electrons. The fourth-order valence-electron chi connectivity index (χ4n) is 2.06. The fraction of sp³-hybridized carbons (Fsp3) is 0.0625. The third kappa shape index (κ3) is 2.36. The summed E-state index contributed by atoms with van der Waals surface area (Å²) in [6.45, 7) is 0.542. The van der Waals surface area contributed by atoms with Crippen molar-refractivity contribution in [1.82, 2.24) is 4.57 Å². The molecule has 19 heavy (non-hydrogen) atoms. The lowest BCUT2D eigenvalue weighted by atomic mass is 10.2. The van der Waals surface area contributed by atoms with Crippen LogP contribution in [0.5, 0.6) is 5.75 Å². The number of rotatable bonds is 4. The molecule has 2 aromatic carbocycles. The van der Waals surface area contributed by atoms with Crippen molar-refractivity contribution in [3.63, 3.8) is 0 Å². The van der Waals surface area contributed by atoms with Crippen molar-refractivity contribution >= 4 is 17.3 Å². The maximum absolute atomic E-state index is 10.8. The van der Waals surface area contributed by atoms with Crippen LogP contribution in [-0.4, -0.2) is 11.0 Å². The molecular formula is C16H13NO2. The van der Waals surface area contributed by atoms with E-state index in [-0.39, 0.29) is 0 Å².